The Bertz CT molecular complexity index is 776. The van der Waals surface area contributed by atoms with Gasteiger partial charge < -0.3 is 24.8 Å². The van der Waals surface area contributed by atoms with E-state index in [-0.39, 0.29) is 18.7 Å². The minimum Gasteiger partial charge on any atom is -0.454 e. The number of hydrogen-bond donors (Lipinski definition) is 2. The number of nitrogens with zero attached hydrogens (tertiary/aromatic N) is 2. The van der Waals surface area contributed by atoms with Gasteiger partial charge >= 0.3 is 6.03 Å². The lowest BCUT2D eigenvalue weighted by Crippen LogP contribution is -2.42. The molecule has 136 valence electrons. The Labute approximate surface area is 151 Å². The van der Waals surface area contributed by atoms with Gasteiger partial charge in [0.1, 0.15) is 0 Å². The van der Waals surface area contributed by atoms with Crippen LogP contribution in [0.5, 0.6) is 11.5 Å². The van der Waals surface area contributed by atoms with E-state index in [1.807, 2.05) is 18.2 Å². The molecule has 1 fully saturated rings. The highest BCUT2D eigenvalue weighted by molar-refractivity contribution is 5.89. The second-order valence-corrected chi connectivity index (χ2v) is 6.52. The fourth-order valence-corrected chi connectivity index (χ4v) is 3.39. The number of aromatic nitrogens is 1. The zero-order valence-electron chi connectivity index (χ0n) is 14.3. The first kappa shape index (κ1) is 16.7. The molecule has 1 aromatic carbocycles. The van der Waals surface area contributed by atoms with E-state index in [0.717, 1.165) is 12.8 Å². The molecular formula is C19H21N3O4. The van der Waals surface area contributed by atoms with Crippen LogP contribution in [0.1, 0.15) is 24.6 Å². The highest BCUT2D eigenvalue weighted by Crippen LogP contribution is 2.34. The largest absolute Gasteiger partial charge is 0.454 e. The Morgan fingerprint density at radius 3 is 2.77 bits per heavy atom. The van der Waals surface area contributed by atoms with Gasteiger partial charge in [0.15, 0.2) is 11.5 Å². The van der Waals surface area contributed by atoms with E-state index in [1.54, 1.807) is 29.3 Å². The molecule has 2 amide bonds. The van der Waals surface area contributed by atoms with Gasteiger partial charge in [0, 0.05) is 31.0 Å². The maximum absolute atomic E-state index is 12.5. The molecule has 1 atom stereocenters. The third-order valence-electron chi connectivity index (χ3n) is 4.89. The summed E-state index contributed by atoms with van der Waals surface area (Å²) in [5.41, 5.74) is 1.37. The summed E-state index contributed by atoms with van der Waals surface area (Å²) in [4.78, 5) is 18.5. The molecular weight excluding hydrogens is 334 g/mol. The molecule has 0 bridgehead atoms. The molecule has 1 aromatic heterocycles. The molecule has 2 aromatic rings. The van der Waals surface area contributed by atoms with Crippen LogP contribution in [0.4, 0.5) is 10.5 Å². The van der Waals surface area contributed by atoms with Crippen molar-refractivity contribution in [2.45, 2.75) is 18.9 Å². The zero-order valence-corrected chi connectivity index (χ0v) is 14.3. The number of aliphatic hydroxyl groups is 1. The number of carbonyl (C=O) groups is 1. The van der Waals surface area contributed by atoms with Crippen molar-refractivity contribution < 1.29 is 19.4 Å². The summed E-state index contributed by atoms with van der Waals surface area (Å²) in [6.45, 7) is 1.41. The molecule has 0 radical (unpaired) electrons. The number of pyridine rings is 1. The number of rotatable bonds is 3. The van der Waals surface area contributed by atoms with Crippen LogP contribution in [-0.2, 0) is 0 Å². The lowest BCUT2D eigenvalue weighted by Gasteiger charge is -2.34. The molecule has 0 spiro atoms. The van der Waals surface area contributed by atoms with Crippen molar-refractivity contribution in [1.29, 1.82) is 0 Å². The number of likely N-dealkylation sites (tertiary alicyclic amines) is 1. The summed E-state index contributed by atoms with van der Waals surface area (Å²) in [6.07, 6.45) is 2.58. The van der Waals surface area contributed by atoms with E-state index >= 15 is 0 Å². The first-order valence-corrected chi connectivity index (χ1v) is 8.75. The number of nitrogens with one attached hydrogen (secondary N) is 1. The minimum atomic E-state index is -0.588. The summed E-state index contributed by atoms with van der Waals surface area (Å²) < 4.78 is 10.6. The maximum Gasteiger partial charge on any atom is 0.321 e. The summed E-state index contributed by atoms with van der Waals surface area (Å²) in [5, 5.41) is 13.4. The first-order valence-electron chi connectivity index (χ1n) is 8.75. The van der Waals surface area contributed by atoms with Crippen LogP contribution >= 0.6 is 0 Å². The average molecular weight is 355 g/mol. The topological polar surface area (TPSA) is 83.9 Å². The Balaban J connectivity index is 1.32. The third-order valence-corrected chi connectivity index (χ3v) is 4.89. The number of hydrogen-bond acceptors (Lipinski definition) is 5. The van der Waals surface area contributed by atoms with Crippen LogP contribution in [0.25, 0.3) is 0 Å². The number of benzene rings is 1. The summed E-state index contributed by atoms with van der Waals surface area (Å²) in [6, 6.07) is 10.7. The molecule has 26 heavy (non-hydrogen) atoms. The second kappa shape index (κ2) is 7.21. The van der Waals surface area contributed by atoms with Crippen molar-refractivity contribution in [3.05, 3.63) is 48.3 Å². The average Bonchev–Trinajstić information content (AvgIpc) is 3.16. The quantitative estimate of drug-likeness (QED) is 0.884. The smallest absolute Gasteiger partial charge is 0.321 e. The Morgan fingerprint density at radius 2 is 2.00 bits per heavy atom. The number of amides is 2. The molecule has 0 unspecified atom stereocenters. The zero-order chi connectivity index (χ0) is 17.9. The van der Waals surface area contributed by atoms with Gasteiger partial charge in [-0.25, -0.2) is 4.79 Å². The lowest BCUT2D eigenvalue weighted by atomic mass is 9.89. The summed E-state index contributed by atoms with van der Waals surface area (Å²) in [7, 11) is 0. The number of carbonyl (C=O) groups excluding carboxylic acids is 1. The van der Waals surface area contributed by atoms with E-state index in [9.17, 15) is 9.90 Å². The van der Waals surface area contributed by atoms with Crippen LogP contribution in [0.2, 0.25) is 0 Å². The van der Waals surface area contributed by atoms with Gasteiger partial charge in [-0.05, 0) is 43.0 Å². The Hall–Kier alpha value is -2.80. The van der Waals surface area contributed by atoms with E-state index in [0.29, 0.717) is 36.0 Å². The van der Waals surface area contributed by atoms with E-state index in [2.05, 4.69) is 10.3 Å². The first-order chi connectivity index (χ1) is 12.7. The molecule has 2 N–H and O–H groups in total. The number of fused-ring (bicyclic) bond motifs is 1. The number of urea groups is 1. The van der Waals surface area contributed by atoms with Gasteiger partial charge in [-0.1, -0.05) is 6.07 Å². The predicted octanol–water partition coefficient (Wildman–Crippen LogP) is 2.79. The van der Waals surface area contributed by atoms with Gasteiger partial charge in [-0.3, -0.25) is 4.98 Å². The number of ether oxygens (including phenoxy) is 2. The Morgan fingerprint density at radius 1 is 1.19 bits per heavy atom. The molecule has 2 aliphatic heterocycles. The summed E-state index contributed by atoms with van der Waals surface area (Å²) >= 11 is 0. The minimum absolute atomic E-state index is 0.111. The van der Waals surface area contributed by atoms with Gasteiger partial charge in [0.05, 0.1) is 11.8 Å². The molecule has 7 heteroatoms. The van der Waals surface area contributed by atoms with Crippen molar-refractivity contribution in [3.63, 3.8) is 0 Å². The monoisotopic (exact) mass is 355 g/mol. The second-order valence-electron chi connectivity index (χ2n) is 6.52. The molecule has 4 rings (SSSR count). The highest BCUT2D eigenvalue weighted by atomic mass is 16.7. The highest BCUT2D eigenvalue weighted by Gasteiger charge is 2.29. The molecule has 0 saturated carbocycles. The number of piperidine rings is 1. The molecule has 2 aliphatic rings. The molecule has 7 nitrogen and oxygen atoms in total. The van der Waals surface area contributed by atoms with Crippen LogP contribution in [0.3, 0.4) is 0 Å². The molecule has 3 heterocycles. The SMILES string of the molecule is O=C(Nc1ccc2c(c1)OCO2)N1CCC([C@@H](O)c2ccccn2)CC1. The summed E-state index contributed by atoms with van der Waals surface area (Å²) in [5.74, 6) is 1.44. The van der Waals surface area contributed by atoms with Gasteiger partial charge in [-0.15, -0.1) is 0 Å². The predicted molar refractivity (Wildman–Crippen MR) is 95.1 cm³/mol. The molecule has 1 saturated heterocycles. The van der Waals surface area contributed by atoms with Crippen molar-refractivity contribution in [2.75, 3.05) is 25.2 Å². The maximum atomic E-state index is 12.5. The van der Waals surface area contributed by atoms with E-state index in [4.69, 9.17) is 9.47 Å². The van der Waals surface area contributed by atoms with Crippen molar-refractivity contribution in [1.82, 2.24) is 9.88 Å². The normalized spacial score (nSPS) is 17.8. The van der Waals surface area contributed by atoms with E-state index < -0.39 is 6.10 Å². The molecule has 0 aliphatic carbocycles. The van der Waals surface area contributed by atoms with Crippen molar-refractivity contribution >= 4 is 11.7 Å². The number of anilines is 1. The fraction of sp³-hybridized carbons (Fsp3) is 0.368. The van der Waals surface area contributed by atoms with Gasteiger partial charge in [0.25, 0.3) is 0 Å². The Kier molecular flexibility index (Phi) is 4.62. The van der Waals surface area contributed by atoms with Crippen molar-refractivity contribution in [2.24, 2.45) is 5.92 Å². The van der Waals surface area contributed by atoms with Gasteiger partial charge in [-0.2, -0.15) is 0 Å². The van der Waals surface area contributed by atoms with Gasteiger partial charge in [0.2, 0.25) is 6.79 Å². The van der Waals surface area contributed by atoms with Crippen LogP contribution in [0, 0.1) is 5.92 Å². The standard InChI is InChI=1S/C19H21N3O4/c23-18(15-3-1-2-8-20-15)13-6-9-22(10-7-13)19(24)21-14-4-5-16-17(11-14)26-12-25-16/h1-5,8,11,13,18,23H,6-7,9-10,12H2,(H,21,24)/t18-/m1/s1. The lowest BCUT2D eigenvalue weighted by molar-refractivity contribution is 0.0652. The third kappa shape index (κ3) is 3.43. The van der Waals surface area contributed by atoms with Crippen LogP contribution in [-0.4, -0.2) is 40.9 Å². The van der Waals surface area contributed by atoms with Crippen molar-refractivity contribution in [3.8, 4) is 11.5 Å². The van der Waals surface area contributed by atoms with Crippen LogP contribution < -0.4 is 14.8 Å². The van der Waals surface area contributed by atoms with Crippen LogP contribution in [0.15, 0.2) is 42.6 Å². The fourth-order valence-electron chi connectivity index (χ4n) is 3.39. The number of aliphatic hydroxyl groups excluding tert-OH is 1. The van der Waals surface area contributed by atoms with E-state index in [1.165, 1.54) is 0 Å².